The average Bonchev–Trinajstić information content (AvgIpc) is 2.75. The van der Waals surface area contributed by atoms with Gasteiger partial charge in [-0.1, -0.05) is 61.5 Å². The standard InChI is InChI=1S/C26H30ClN3OS/c1-18-13-19(2)17-30(16-18)12-6-11-28-26(31)23-15-25(29-24-10-4-3-9-22(23)24)32-21-8-5-7-20(27)14-21/h3-5,7-10,14-15,18-19H,6,11-13,16-17H2,1-2H3,(H,28,31)/t18-,19-/m1/s1. The molecule has 0 bridgehead atoms. The highest BCUT2D eigenvalue weighted by molar-refractivity contribution is 7.99. The first-order valence-corrected chi connectivity index (χ1v) is 12.5. The van der Waals surface area contributed by atoms with E-state index in [2.05, 4.69) is 24.1 Å². The van der Waals surface area contributed by atoms with Gasteiger partial charge in [0.15, 0.2) is 0 Å². The van der Waals surface area contributed by atoms with Crippen molar-refractivity contribution >= 4 is 40.2 Å². The molecule has 1 N–H and O–H groups in total. The van der Waals surface area contributed by atoms with Crippen LogP contribution in [0.25, 0.3) is 10.9 Å². The summed E-state index contributed by atoms with van der Waals surface area (Å²) in [6.45, 7) is 8.69. The Morgan fingerprint density at radius 2 is 1.91 bits per heavy atom. The van der Waals surface area contributed by atoms with Gasteiger partial charge in [-0.05, 0) is 61.6 Å². The van der Waals surface area contributed by atoms with Gasteiger partial charge in [0, 0.05) is 34.9 Å². The molecule has 2 heterocycles. The lowest BCUT2D eigenvalue weighted by atomic mass is 9.92. The van der Waals surface area contributed by atoms with Gasteiger partial charge in [-0.2, -0.15) is 0 Å². The number of para-hydroxylation sites is 1. The number of amides is 1. The minimum absolute atomic E-state index is 0.0445. The van der Waals surface area contributed by atoms with Crippen molar-refractivity contribution in [3.63, 3.8) is 0 Å². The van der Waals surface area contributed by atoms with Gasteiger partial charge < -0.3 is 10.2 Å². The highest BCUT2D eigenvalue weighted by atomic mass is 35.5. The molecule has 1 saturated heterocycles. The number of aromatic nitrogens is 1. The highest BCUT2D eigenvalue weighted by Crippen LogP contribution is 2.31. The second-order valence-electron chi connectivity index (χ2n) is 8.90. The monoisotopic (exact) mass is 467 g/mol. The van der Waals surface area contributed by atoms with Crippen molar-refractivity contribution in [2.45, 2.75) is 36.6 Å². The Balaban J connectivity index is 1.43. The molecule has 0 aliphatic carbocycles. The smallest absolute Gasteiger partial charge is 0.252 e. The van der Waals surface area contributed by atoms with Crippen LogP contribution in [0.3, 0.4) is 0 Å². The zero-order chi connectivity index (χ0) is 22.5. The Bertz CT molecular complexity index is 1080. The molecule has 1 amide bonds. The number of carbonyl (C=O) groups is 1. The molecule has 3 aromatic rings. The lowest BCUT2D eigenvalue weighted by Crippen LogP contribution is -2.40. The van der Waals surface area contributed by atoms with Gasteiger partial charge in [0.05, 0.1) is 11.1 Å². The summed E-state index contributed by atoms with van der Waals surface area (Å²) in [7, 11) is 0. The number of carbonyl (C=O) groups excluding carboxylic acids is 1. The van der Waals surface area contributed by atoms with Gasteiger partial charge in [0.1, 0.15) is 5.03 Å². The third kappa shape index (κ3) is 6.03. The lowest BCUT2D eigenvalue weighted by molar-refractivity contribution is 0.0948. The van der Waals surface area contributed by atoms with Crippen LogP contribution in [0.2, 0.25) is 5.02 Å². The van der Waals surface area contributed by atoms with E-state index in [1.165, 1.54) is 18.2 Å². The molecule has 6 heteroatoms. The minimum Gasteiger partial charge on any atom is -0.352 e. The molecule has 1 aromatic heterocycles. The van der Waals surface area contributed by atoms with Gasteiger partial charge in [-0.3, -0.25) is 4.79 Å². The summed E-state index contributed by atoms with van der Waals surface area (Å²) in [5, 5.41) is 5.47. The number of benzene rings is 2. The Morgan fingerprint density at radius 1 is 1.12 bits per heavy atom. The molecule has 2 atom stereocenters. The van der Waals surface area contributed by atoms with E-state index in [0.717, 1.165) is 58.7 Å². The molecule has 168 valence electrons. The second-order valence-corrected chi connectivity index (χ2v) is 10.4. The van der Waals surface area contributed by atoms with Crippen molar-refractivity contribution in [1.29, 1.82) is 0 Å². The quantitative estimate of drug-likeness (QED) is 0.424. The van der Waals surface area contributed by atoms with Crippen LogP contribution >= 0.6 is 23.4 Å². The van der Waals surface area contributed by atoms with Crippen molar-refractivity contribution < 1.29 is 4.79 Å². The zero-order valence-corrected chi connectivity index (χ0v) is 20.3. The fourth-order valence-corrected chi connectivity index (χ4v) is 5.77. The van der Waals surface area contributed by atoms with Crippen molar-refractivity contribution in [3.05, 3.63) is 65.2 Å². The SMILES string of the molecule is C[C@@H]1C[C@@H](C)CN(CCCNC(=O)c2cc(Sc3cccc(Cl)c3)nc3ccccc23)C1. The molecule has 1 fully saturated rings. The van der Waals surface area contributed by atoms with Crippen LogP contribution in [0.4, 0.5) is 0 Å². The molecule has 0 saturated carbocycles. The number of rotatable bonds is 7. The molecule has 1 aliphatic rings. The summed E-state index contributed by atoms with van der Waals surface area (Å²) >= 11 is 7.64. The zero-order valence-electron chi connectivity index (χ0n) is 18.7. The Morgan fingerprint density at radius 3 is 2.69 bits per heavy atom. The number of nitrogens with zero attached hydrogens (tertiary/aromatic N) is 2. The maximum atomic E-state index is 13.1. The first-order valence-electron chi connectivity index (χ1n) is 11.3. The summed E-state index contributed by atoms with van der Waals surface area (Å²) in [6.07, 6.45) is 2.27. The summed E-state index contributed by atoms with van der Waals surface area (Å²) in [5.41, 5.74) is 1.49. The highest BCUT2D eigenvalue weighted by Gasteiger charge is 2.21. The molecule has 32 heavy (non-hydrogen) atoms. The van der Waals surface area contributed by atoms with Crippen LogP contribution in [0.15, 0.2) is 64.5 Å². The molecule has 2 aromatic carbocycles. The predicted octanol–water partition coefficient (Wildman–Crippen LogP) is 6.14. The van der Waals surface area contributed by atoms with Crippen LogP contribution in [0.1, 0.15) is 37.0 Å². The fourth-order valence-electron chi connectivity index (χ4n) is 4.62. The van der Waals surface area contributed by atoms with E-state index in [1.807, 2.05) is 54.6 Å². The van der Waals surface area contributed by atoms with Gasteiger partial charge >= 0.3 is 0 Å². The Kier molecular flexibility index (Phi) is 7.71. The van der Waals surface area contributed by atoms with Crippen LogP contribution < -0.4 is 5.32 Å². The van der Waals surface area contributed by atoms with Gasteiger partial charge in [-0.15, -0.1) is 0 Å². The van der Waals surface area contributed by atoms with Crippen molar-refractivity contribution in [2.24, 2.45) is 11.8 Å². The number of pyridine rings is 1. The number of hydrogen-bond acceptors (Lipinski definition) is 4. The van der Waals surface area contributed by atoms with Gasteiger partial charge in [0.25, 0.3) is 5.91 Å². The van der Waals surface area contributed by atoms with E-state index >= 15 is 0 Å². The number of nitrogens with one attached hydrogen (secondary N) is 1. The summed E-state index contributed by atoms with van der Waals surface area (Å²) in [6, 6.07) is 17.4. The van der Waals surface area contributed by atoms with Gasteiger partial charge in [0.2, 0.25) is 0 Å². The molecular weight excluding hydrogens is 438 g/mol. The van der Waals surface area contributed by atoms with Crippen LogP contribution in [-0.4, -0.2) is 42.0 Å². The second kappa shape index (κ2) is 10.7. The van der Waals surface area contributed by atoms with Gasteiger partial charge in [-0.25, -0.2) is 4.98 Å². The van der Waals surface area contributed by atoms with Crippen LogP contribution in [0.5, 0.6) is 0 Å². The Hall–Kier alpha value is -2.08. The molecule has 4 nitrogen and oxygen atoms in total. The Labute approximate surface area is 199 Å². The van der Waals surface area contributed by atoms with Crippen LogP contribution in [0, 0.1) is 11.8 Å². The fraction of sp³-hybridized carbons (Fsp3) is 0.385. The van der Waals surface area contributed by atoms with Crippen molar-refractivity contribution in [1.82, 2.24) is 15.2 Å². The average molecular weight is 468 g/mol. The minimum atomic E-state index is -0.0445. The maximum absolute atomic E-state index is 13.1. The summed E-state index contributed by atoms with van der Waals surface area (Å²) < 4.78 is 0. The third-order valence-electron chi connectivity index (χ3n) is 5.84. The first-order chi connectivity index (χ1) is 15.5. The largest absolute Gasteiger partial charge is 0.352 e. The molecular formula is C26H30ClN3OS. The molecule has 0 spiro atoms. The number of likely N-dealkylation sites (tertiary alicyclic amines) is 1. The number of piperidine rings is 1. The summed E-state index contributed by atoms with van der Waals surface area (Å²) in [5.74, 6) is 1.47. The molecule has 1 aliphatic heterocycles. The van der Waals surface area contributed by atoms with E-state index in [-0.39, 0.29) is 5.91 Å². The van der Waals surface area contributed by atoms with Crippen molar-refractivity contribution in [3.8, 4) is 0 Å². The predicted molar refractivity (Wildman–Crippen MR) is 134 cm³/mol. The van der Waals surface area contributed by atoms with E-state index in [4.69, 9.17) is 16.6 Å². The number of hydrogen-bond donors (Lipinski definition) is 1. The summed E-state index contributed by atoms with van der Waals surface area (Å²) in [4.78, 5) is 21.4. The topological polar surface area (TPSA) is 45.2 Å². The van der Waals surface area contributed by atoms with E-state index in [1.54, 1.807) is 0 Å². The normalized spacial score (nSPS) is 19.2. The van der Waals surface area contributed by atoms with Crippen molar-refractivity contribution in [2.75, 3.05) is 26.2 Å². The molecule has 4 rings (SSSR count). The van der Waals surface area contributed by atoms with E-state index in [9.17, 15) is 4.79 Å². The first kappa shape index (κ1) is 23.1. The number of halogens is 1. The van der Waals surface area contributed by atoms with Crippen LogP contribution in [-0.2, 0) is 0 Å². The lowest BCUT2D eigenvalue weighted by Gasteiger charge is -2.34. The number of fused-ring (bicyclic) bond motifs is 1. The van der Waals surface area contributed by atoms with E-state index < -0.39 is 0 Å². The maximum Gasteiger partial charge on any atom is 0.252 e. The van der Waals surface area contributed by atoms with E-state index in [0.29, 0.717) is 17.1 Å². The molecule has 0 unspecified atom stereocenters. The molecule has 0 radical (unpaired) electrons. The third-order valence-corrected chi connectivity index (χ3v) is 6.98.